The van der Waals surface area contributed by atoms with Crippen LogP contribution in [0.25, 0.3) is 0 Å². The smallest absolute Gasteiger partial charge is 0.311 e. The molecule has 5 heteroatoms. The highest BCUT2D eigenvalue weighted by Gasteiger charge is 2.24. The first kappa shape index (κ1) is 17.0. The molecule has 0 saturated heterocycles. The van der Waals surface area contributed by atoms with Gasteiger partial charge in [0.1, 0.15) is 0 Å². The van der Waals surface area contributed by atoms with E-state index in [1.807, 2.05) is 20.8 Å². The highest BCUT2D eigenvalue weighted by Crippen LogP contribution is 2.10. The maximum absolute atomic E-state index is 11.9. The lowest BCUT2D eigenvalue weighted by Gasteiger charge is -2.26. The molecule has 0 aliphatic heterocycles. The summed E-state index contributed by atoms with van der Waals surface area (Å²) in [7, 11) is 0. The van der Waals surface area contributed by atoms with Crippen molar-refractivity contribution in [3.05, 3.63) is 29.8 Å². The molecular weight excluding hydrogens is 268 g/mol. The normalized spacial score (nSPS) is 12.6. The molecule has 0 fully saturated rings. The van der Waals surface area contributed by atoms with Crippen LogP contribution in [-0.4, -0.2) is 23.5 Å². The molecule has 1 aromatic rings. The highest BCUT2D eigenvalue weighted by atomic mass is 16.5. The Bertz CT molecular complexity index is 495. The maximum atomic E-state index is 11.9. The van der Waals surface area contributed by atoms with Crippen molar-refractivity contribution < 1.29 is 14.3 Å². The summed E-state index contributed by atoms with van der Waals surface area (Å²) in [5, 5.41) is 2.85. The molecule has 1 aromatic carbocycles. The Morgan fingerprint density at radius 2 is 1.86 bits per heavy atom. The predicted molar refractivity (Wildman–Crippen MR) is 82.6 cm³/mol. The summed E-state index contributed by atoms with van der Waals surface area (Å²) in [6.07, 6.45) is 0.108. The van der Waals surface area contributed by atoms with Crippen LogP contribution in [0, 0.1) is 0 Å². The van der Waals surface area contributed by atoms with Crippen LogP contribution in [0.4, 0.5) is 5.69 Å². The largest absolute Gasteiger partial charge is 0.452 e. The van der Waals surface area contributed by atoms with Gasteiger partial charge in [-0.2, -0.15) is 0 Å². The SMILES string of the molecule is CCC(C)(C)NC(=O)C(C)OC(=O)Cc1ccc(N)cc1. The van der Waals surface area contributed by atoms with E-state index in [4.69, 9.17) is 10.5 Å². The Morgan fingerprint density at radius 1 is 1.29 bits per heavy atom. The standard InChI is InChI=1S/C16H24N2O3/c1-5-16(3,4)18-15(20)11(2)21-14(19)10-12-6-8-13(17)9-7-12/h6-9,11H,5,10,17H2,1-4H3,(H,18,20). The number of amides is 1. The molecule has 0 bridgehead atoms. The number of nitrogens with one attached hydrogen (secondary N) is 1. The molecule has 1 amide bonds. The number of carbonyl (C=O) groups is 2. The van der Waals surface area contributed by atoms with E-state index in [2.05, 4.69) is 5.32 Å². The third-order valence-electron chi connectivity index (χ3n) is 3.35. The summed E-state index contributed by atoms with van der Waals surface area (Å²) >= 11 is 0. The first-order valence-electron chi connectivity index (χ1n) is 7.09. The molecule has 1 atom stereocenters. The summed E-state index contributed by atoms with van der Waals surface area (Å²) in [4.78, 5) is 23.8. The summed E-state index contributed by atoms with van der Waals surface area (Å²) in [5.41, 5.74) is 6.71. The second-order valence-corrected chi connectivity index (χ2v) is 5.78. The molecule has 1 rings (SSSR count). The zero-order valence-corrected chi connectivity index (χ0v) is 13.1. The van der Waals surface area contributed by atoms with Crippen LogP contribution in [0.2, 0.25) is 0 Å². The quantitative estimate of drug-likeness (QED) is 0.621. The Hall–Kier alpha value is -2.04. The Labute approximate surface area is 125 Å². The van der Waals surface area contributed by atoms with E-state index in [1.54, 1.807) is 31.2 Å². The van der Waals surface area contributed by atoms with Crippen LogP contribution in [0.5, 0.6) is 0 Å². The van der Waals surface area contributed by atoms with Crippen molar-refractivity contribution in [2.24, 2.45) is 0 Å². The lowest BCUT2D eigenvalue weighted by Crippen LogP contribution is -2.47. The van der Waals surface area contributed by atoms with E-state index in [1.165, 1.54) is 0 Å². The summed E-state index contributed by atoms with van der Waals surface area (Å²) < 4.78 is 5.15. The first-order valence-corrected chi connectivity index (χ1v) is 7.09. The van der Waals surface area contributed by atoms with Crippen molar-refractivity contribution >= 4 is 17.6 Å². The fourth-order valence-corrected chi connectivity index (χ4v) is 1.62. The second-order valence-electron chi connectivity index (χ2n) is 5.78. The van der Waals surface area contributed by atoms with Gasteiger partial charge >= 0.3 is 5.97 Å². The molecule has 3 N–H and O–H groups in total. The highest BCUT2D eigenvalue weighted by molar-refractivity contribution is 5.84. The summed E-state index contributed by atoms with van der Waals surface area (Å²) in [5.74, 6) is -0.718. The van der Waals surface area contributed by atoms with Crippen LogP contribution in [0.3, 0.4) is 0 Å². The van der Waals surface area contributed by atoms with Crippen molar-refractivity contribution in [1.29, 1.82) is 0 Å². The molecule has 0 spiro atoms. The fraction of sp³-hybridized carbons (Fsp3) is 0.500. The molecule has 0 saturated carbocycles. The van der Waals surface area contributed by atoms with Gasteiger partial charge in [0.15, 0.2) is 6.10 Å². The zero-order valence-electron chi connectivity index (χ0n) is 13.1. The number of carbonyl (C=O) groups excluding carboxylic acids is 2. The van der Waals surface area contributed by atoms with Crippen molar-refractivity contribution in [3.8, 4) is 0 Å². The van der Waals surface area contributed by atoms with Crippen LogP contribution in [0.1, 0.15) is 39.7 Å². The molecule has 0 aromatic heterocycles. The number of anilines is 1. The van der Waals surface area contributed by atoms with E-state index < -0.39 is 12.1 Å². The van der Waals surface area contributed by atoms with Gasteiger partial charge in [-0.1, -0.05) is 19.1 Å². The fourth-order valence-electron chi connectivity index (χ4n) is 1.62. The van der Waals surface area contributed by atoms with Gasteiger partial charge in [-0.15, -0.1) is 0 Å². The topological polar surface area (TPSA) is 81.4 Å². The van der Waals surface area contributed by atoms with E-state index in [0.717, 1.165) is 12.0 Å². The molecule has 0 aliphatic carbocycles. The number of ether oxygens (including phenoxy) is 1. The van der Waals surface area contributed by atoms with Gasteiger partial charge in [0, 0.05) is 11.2 Å². The van der Waals surface area contributed by atoms with Crippen LogP contribution in [-0.2, 0) is 20.7 Å². The number of hydrogen-bond donors (Lipinski definition) is 2. The third kappa shape index (κ3) is 5.85. The Balaban J connectivity index is 2.50. The number of esters is 1. The van der Waals surface area contributed by atoms with Crippen LogP contribution < -0.4 is 11.1 Å². The Kier molecular flexibility index (Phi) is 5.76. The summed E-state index contributed by atoms with van der Waals surface area (Å²) in [6, 6.07) is 6.98. The summed E-state index contributed by atoms with van der Waals surface area (Å²) in [6.45, 7) is 7.40. The minimum absolute atomic E-state index is 0.120. The van der Waals surface area contributed by atoms with Gasteiger partial charge in [-0.05, 0) is 44.9 Å². The van der Waals surface area contributed by atoms with E-state index in [9.17, 15) is 9.59 Å². The lowest BCUT2D eigenvalue weighted by molar-refractivity contribution is -0.154. The maximum Gasteiger partial charge on any atom is 0.311 e. The van der Waals surface area contributed by atoms with Crippen molar-refractivity contribution in [2.75, 3.05) is 5.73 Å². The molecule has 21 heavy (non-hydrogen) atoms. The second kappa shape index (κ2) is 7.11. The van der Waals surface area contributed by atoms with Crippen LogP contribution >= 0.6 is 0 Å². The van der Waals surface area contributed by atoms with Gasteiger partial charge in [0.05, 0.1) is 6.42 Å². The van der Waals surface area contributed by atoms with Crippen molar-refractivity contribution in [3.63, 3.8) is 0 Å². The number of rotatable bonds is 6. The number of nitrogen functional groups attached to an aromatic ring is 1. The van der Waals surface area contributed by atoms with Crippen LogP contribution in [0.15, 0.2) is 24.3 Å². The number of hydrogen-bond acceptors (Lipinski definition) is 4. The first-order chi connectivity index (χ1) is 9.73. The molecule has 0 heterocycles. The minimum atomic E-state index is -0.808. The molecule has 0 aliphatic rings. The molecular formula is C16H24N2O3. The van der Waals surface area contributed by atoms with Gasteiger partial charge in [0.25, 0.3) is 5.91 Å². The third-order valence-corrected chi connectivity index (χ3v) is 3.35. The monoisotopic (exact) mass is 292 g/mol. The average Bonchev–Trinajstić information content (AvgIpc) is 2.40. The molecule has 116 valence electrons. The minimum Gasteiger partial charge on any atom is -0.452 e. The zero-order chi connectivity index (χ0) is 16.0. The molecule has 1 unspecified atom stereocenters. The van der Waals surface area contributed by atoms with Crippen molar-refractivity contribution in [2.45, 2.75) is 52.2 Å². The predicted octanol–water partition coefficient (Wildman–Crippen LogP) is 2.05. The van der Waals surface area contributed by atoms with Gasteiger partial charge in [0.2, 0.25) is 0 Å². The molecule has 5 nitrogen and oxygen atoms in total. The van der Waals surface area contributed by atoms with Gasteiger partial charge in [-0.3, -0.25) is 9.59 Å². The average molecular weight is 292 g/mol. The Morgan fingerprint density at radius 3 is 2.38 bits per heavy atom. The van der Waals surface area contributed by atoms with Gasteiger partial charge < -0.3 is 15.8 Å². The van der Waals surface area contributed by atoms with E-state index >= 15 is 0 Å². The van der Waals surface area contributed by atoms with Gasteiger partial charge in [-0.25, -0.2) is 0 Å². The number of nitrogens with two attached hydrogens (primary N) is 1. The van der Waals surface area contributed by atoms with E-state index in [-0.39, 0.29) is 17.9 Å². The molecule has 0 radical (unpaired) electrons. The number of benzene rings is 1. The lowest BCUT2D eigenvalue weighted by atomic mass is 10.0. The van der Waals surface area contributed by atoms with E-state index in [0.29, 0.717) is 5.69 Å². The van der Waals surface area contributed by atoms with Crippen molar-refractivity contribution in [1.82, 2.24) is 5.32 Å².